The lowest BCUT2D eigenvalue weighted by Crippen LogP contribution is -2.32. The van der Waals surface area contributed by atoms with Crippen LogP contribution in [0.4, 0.5) is 0 Å². The monoisotopic (exact) mass is 295 g/mol. The van der Waals surface area contributed by atoms with Gasteiger partial charge in [0.05, 0.1) is 5.92 Å². The van der Waals surface area contributed by atoms with E-state index in [4.69, 9.17) is 9.26 Å². The molecule has 1 saturated carbocycles. The van der Waals surface area contributed by atoms with Crippen LogP contribution in [-0.2, 0) is 4.74 Å². The Morgan fingerprint density at radius 3 is 2.76 bits per heavy atom. The Bertz CT molecular complexity index is 439. The zero-order chi connectivity index (χ0) is 15.5. The van der Waals surface area contributed by atoms with Crippen LogP contribution >= 0.6 is 0 Å². The first kappa shape index (κ1) is 16.4. The number of hydrogen-bond acceptors (Lipinski definition) is 5. The number of rotatable bonds is 6. The summed E-state index contributed by atoms with van der Waals surface area (Å²) in [6, 6.07) is 0.467. The molecule has 3 atom stereocenters. The van der Waals surface area contributed by atoms with Crippen molar-refractivity contribution in [2.75, 3.05) is 13.7 Å². The molecule has 5 nitrogen and oxygen atoms in total. The molecule has 1 aliphatic carbocycles. The molecule has 0 radical (unpaired) electrons. The van der Waals surface area contributed by atoms with Gasteiger partial charge in [-0.25, -0.2) is 0 Å². The molecule has 5 heteroatoms. The Kier molecular flexibility index (Phi) is 5.38. The van der Waals surface area contributed by atoms with Gasteiger partial charge in [0.15, 0.2) is 0 Å². The third-order valence-corrected chi connectivity index (χ3v) is 4.20. The molecular formula is C16H29N3O2. The van der Waals surface area contributed by atoms with Crippen LogP contribution in [0.1, 0.15) is 77.1 Å². The van der Waals surface area contributed by atoms with Crippen molar-refractivity contribution in [3.8, 4) is 0 Å². The average Bonchev–Trinajstić information content (AvgIpc) is 3.03. The van der Waals surface area contributed by atoms with Gasteiger partial charge in [-0.15, -0.1) is 0 Å². The third kappa shape index (κ3) is 3.83. The molecule has 1 fully saturated rings. The SMILES string of the molecule is CCCNC1CCCC1c1nc(C(OC)C(C)(C)C)no1. The lowest BCUT2D eigenvalue weighted by atomic mass is 9.88. The van der Waals surface area contributed by atoms with E-state index in [-0.39, 0.29) is 11.5 Å². The summed E-state index contributed by atoms with van der Waals surface area (Å²) in [5.41, 5.74) is -0.0502. The summed E-state index contributed by atoms with van der Waals surface area (Å²) in [7, 11) is 1.70. The van der Waals surface area contributed by atoms with Crippen molar-refractivity contribution in [1.82, 2.24) is 15.5 Å². The van der Waals surface area contributed by atoms with Crippen molar-refractivity contribution >= 4 is 0 Å². The van der Waals surface area contributed by atoms with Crippen LogP contribution in [0.25, 0.3) is 0 Å². The molecule has 1 heterocycles. The van der Waals surface area contributed by atoms with Crippen LogP contribution in [0, 0.1) is 5.41 Å². The molecule has 0 spiro atoms. The molecule has 0 aromatic carbocycles. The smallest absolute Gasteiger partial charge is 0.231 e. The maximum Gasteiger partial charge on any atom is 0.231 e. The van der Waals surface area contributed by atoms with Crippen molar-refractivity contribution < 1.29 is 9.26 Å². The lowest BCUT2D eigenvalue weighted by Gasteiger charge is -2.26. The molecule has 21 heavy (non-hydrogen) atoms. The predicted molar refractivity (Wildman–Crippen MR) is 82.2 cm³/mol. The first-order valence-electron chi connectivity index (χ1n) is 8.07. The fourth-order valence-electron chi connectivity index (χ4n) is 3.18. The number of ether oxygens (including phenoxy) is 1. The van der Waals surface area contributed by atoms with Crippen molar-refractivity contribution in [2.24, 2.45) is 5.41 Å². The quantitative estimate of drug-likeness (QED) is 0.871. The standard InChI is InChI=1S/C16H29N3O2/c1-6-10-17-12-9-7-8-11(12)15-18-14(19-21-15)13(20-5)16(2,3)4/h11-13,17H,6-10H2,1-5H3. The molecule has 0 bridgehead atoms. The molecule has 1 aromatic heterocycles. The van der Waals surface area contributed by atoms with Gasteiger partial charge < -0.3 is 14.6 Å². The van der Waals surface area contributed by atoms with Gasteiger partial charge >= 0.3 is 0 Å². The number of aromatic nitrogens is 2. The van der Waals surface area contributed by atoms with Crippen LogP contribution < -0.4 is 5.32 Å². The third-order valence-electron chi connectivity index (χ3n) is 4.20. The van der Waals surface area contributed by atoms with Crippen molar-refractivity contribution in [2.45, 2.75) is 71.4 Å². The van der Waals surface area contributed by atoms with Crippen molar-refractivity contribution in [3.63, 3.8) is 0 Å². The van der Waals surface area contributed by atoms with Gasteiger partial charge in [-0.2, -0.15) is 4.98 Å². The molecular weight excluding hydrogens is 266 g/mol. The highest BCUT2D eigenvalue weighted by Gasteiger charge is 2.35. The molecule has 1 aliphatic rings. The lowest BCUT2D eigenvalue weighted by molar-refractivity contribution is 0.00718. The maximum atomic E-state index is 5.57. The normalized spacial score (nSPS) is 24.4. The highest BCUT2D eigenvalue weighted by atomic mass is 16.5. The Balaban J connectivity index is 2.11. The first-order chi connectivity index (χ1) is 9.97. The van der Waals surface area contributed by atoms with Gasteiger partial charge in [0.1, 0.15) is 6.10 Å². The second-order valence-electron chi connectivity index (χ2n) is 7.07. The summed E-state index contributed by atoms with van der Waals surface area (Å²) in [6.45, 7) is 9.61. The van der Waals surface area contributed by atoms with Crippen LogP contribution in [-0.4, -0.2) is 29.8 Å². The molecule has 0 aliphatic heterocycles. The van der Waals surface area contributed by atoms with Crippen LogP contribution in [0.5, 0.6) is 0 Å². The number of hydrogen-bond donors (Lipinski definition) is 1. The number of nitrogens with one attached hydrogen (secondary N) is 1. The van der Waals surface area contributed by atoms with Gasteiger partial charge in [-0.05, 0) is 31.2 Å². The average molecular weight is 295 g/mol. The van der Waals surface area contributed by atoms with Crippen molar-refractivity contribution in [1.29, 1.82) is 0 Å². The van der Waals surface area contributed by atoms with E-state index in [1.54, 1.807) is 7.11 Å². The van der Waals surface area contributed by atoms with E-state index in [1.165, 1.54) is 12.8 Å². The van der Waals surface area contributed by atoms with Crippen LogP contribution in [0.2, 0.25) is 0 Å². The topological polar surface area (TPSA) is 60.2 Å². The van der Waals surface area contributed by atoms with E-state index in [0.717, 1.165) is 25.3 Å². The summed E-state index contributed by atoms with van der Waals surface area (Å²) in [6.07, 6.45) is 4.54. The number of nitrogens with zero attached hydrogens (tertiary/aromatic N) is 2. The largest absolute Gasteiger partial charge is 0.373 e. The fraction of sp³-hybridized carbons (Fsp3) is 0.875. The minimum Gasteiger partial charge on any atom is -0.373 e. The first-order valence-corrected chi connectivity index (χ1v) is 8.07. The Morgan fingerprint density at radius 2 is 2.14 bits per heavy atom. The number of methoxy groups -OCH3 is 1. The predicted octanol–water partition coefficient (Wildman–Crippen LogP) is 3.44. The fourth-order valence-corrected chi connectivity index (χ4v) is 3.18. The Labute approximate surface area is 127 Å². The summed E-state index contributed by atoms with van der Waals surface area (Å²) in [5.74, 6) is 1.78. The van der Waals surface area contributed by atoms with Crippen molar-refractivity contribution in [3.05, 3.63) is 11.7 Å². The molecule has 120 valence electrons. The summed E-state index contributed by atoms with van der Waals surface area (Å²) >= 11 is 0. The van der Waals surface area contributed by atoms with Gasteiger partial charge in [0.25, 0.3) is 0 Å². The van der Waals surface area contributed by atoms with Crippen LogP contribution in [0.3, 0.4) is 0 Å². The highest BCUT2D eigenvalue weighted by Crippen LogP contribution is 2.37. The summed E-state index contributed by atoms with van der Waals surface area (Å²) < 4.78 is 11.1. The second-order valence-corrected chi connectivity index (χ2v) is 7.07. The molecule has 0 amide bonds. The zero-order valence-electron chi connectivity index (χ0n) is 14.0. The molecule has 1 N–H and O–H groups in total. The van der Waals surface area contributed by atoms with E-state index in [0.29, 0.717) is 17.8 Å². The molecule has 0 saturated heterocycles. The van der Waals surface area contributed by atoms with E-state index in [1.807, 2.05) is 0 Å². The molecule has 3 unspecified atom stereocenters. The van der Waals surface area contributed by atoms with Gasteiger partial charge in [0, 0.05) is 13.2 Å². The molecule has 1 aromatic rings. The van der Waals surface area contributed by atoms with Gasteiger partial charge in [0.2, 0.25) is 11.7 Å². The maximum absolute atomic E-state index is 5.57. The Hall–Kier alpha value is -0.940. The van der Waals surface area contributed by atoms with Gasteiger partial charge in [-0.1, -0.05) is 39.3 Å². The van der Waals surface area contributed by atoms with E-state index >= 15 is 0 Å². The molecule has 2 rings (SSSR count). The van der Waals surface area contributed by atoms with E-state index in [9.17, 15) is 0 Å². The summed E-state index contributed by atoms with van der Waals surface area (Å²) in [5, 5.41) is 7.78. The van der Waals surface area contributed by atoms with E-state index in [2.05, 4.69) is 43.2 Å². The highest BCUT2D eigenvalue weighted by molar-refractivity contribution is 5.05. The summed E-state index contributed by atoms with van der Waals surface area (Å²) in [4.78, 5) is 4.65. The Morgan fingerprint density at radius 1 is 1.38 bits per heavy atom. The van der Waals surface area contributed by atoms with Gasteiger partial charge in [-0.3, -0.25) is 0 Å². The minimum atomic E-state index is -0.140. The van der Waals surface area contributed by atoms with E-state index < -0.39 is 0 Å². The zero-order valence-corrected chi connectivity index (χ0v) is 14.0. The second kappa shape index (κ2) is 6.88. The van der Waals surface area contributed by atoms with Crippen LogP contribution in [0.15, 0.2) is 4.52 Å². The minimum absolute atomic E-state index is 0.0502.